The molecule has 22 heavy (non-hydrogen) atoms. The normalized spacial score (nSPS) is 12.5. The van der Waals surface area contributed by atoms with Crippen molar-refractivity contribution in [1.82, 2.24) is 15.1 Å². The molecule has 0 aliphatic heterocycles. The standard InChI is InChI=1S/C17H18ClN3S/c1-12-15(10-20-21(12)2)9-19-17(14-7-8-22-11-14)13-3-5-16(18)6-4-13/h3-8,10-11,17,19H,9H2,1-2H3. The van der Waals surface area contributed by atoms with Gasteiger partial charge in [-0.3, -0.25) is 4.68 Å². The minimum absolute atomic E-state index is 0.156. The Bertz CT molecular complexity index is 732. The fraction of sp³-hybridized carbons (Fsp3) is 0.235. The molecule has 1 unspecified atom stereocenters. The van der Waals surface area contributed by atoms with Gasteiger partial charge in [0.25, 0.3) is 0 Å². The van der Waals surface area contributed by atoms with E-state index in [0.717, 1.165) is 11.6 Å². The summed E-state index contributed by atoms with van der Waals surface area (Å²) in [7, 11) is 1.97. The Morgan fingerprint density at radius 3 is 2.59 bits per heavy atom. The number of hydrogen-bond donors (Lipinski definition) is 1. The maximum Gasteiger partial charge on any atom is 0.0587 e. The lowest BCUT2D eigenvalue weighted by Crippen LogP contribution is -2.21. The number of hydrogen-bond acceptors (Lipinski definition) is 3. The monoisotopic (exact) mass is 331 g/mol. The fourth-order valence-corrected chi connectivity index (χ4v) is 3.26. The van der Waals surface area contributed by atoms with Crippen LogP contribution in [0.5, 0.6) is 0 Å². The third-order valence-corrected chi connectivity index (χ3v) is 4.87. The third-order valence-electron chi connectivity index (χ3n) is 3.91. The Morgan fingerprint density at radius 1 is 1.23 bits per heavy atom. The smallest absolute Gasteiger partial charge is 0.0587 e. The van der Waals surface area contributed by atoms with E-state index in [4.69, 9.17) is 11.6 Å². The van der Waals surface area contributed by atoms with E-state index in [1.54, 1.807) is 11.3 Å². The maximum atomic E-state index is 6.01. The summed E-state index contributed by atoms with van der Waals surface area (Å²) in [5.41, 5.74) is 4.89. The minimum Gasteiger partial charge on any atom is -0.302 e. The van der Waals surface area contributed by atoms with Crippen molar-refractivity contribution in [2.75, 3.05) is 0 Å². The van der Waals surface area contributed by atoms with Crippen LogP contribution in [-0.2, 0) is 13.6 Å². The summed E-state index contributed by atoms with van der Waals surface area (Å²) in [4.78, 5) is 0. The van der Waals surface area contributed by atoms with Crippen molar-refractivity contribution in [3.05, 3.63) is 74.7 Å². The van der Waals surface area contributed by atoms with Crippen LogP contribution in [0.1, 0.15) is 28.4 Å². The van der Waals surface area contributed by atoms with Crippen LogP contribution < -0.4 is 5.32 Å². The lowest BCUT2D eigenvalue weighted by molar-refractivity contribution is 0.604. The summed E-state index contributed by atoms with van der Waals surface area (Å²) in [6.07, 6.45) is 1.93. The number of nitrogens with one attached hydrogen (secondary N) is 1. The van der Waals surface area contributed by atoms with E-state index < -0.39 is 0 Å². The first kappa shape index (κ1) is 15.3. The average molecular weight is 332 g/mol. The zero-order valence-electron chi connectivity index (χ0n) is 12.6. The second kappa shape index (κ2) is 6.65. The highest BCUT2D eigenvalue weighted by molar-refractivity contribution is 7.08. The maximum absolute atomic E-state index is 6.01. The van der Waals surface area contributed by atoms with E-state index in [1.807, 2.05) is 30.1 Å². The molecule has 3 nitrogen and oxygen atoms in total. The van der Waals surface area contributed by atoms with Crippen LogP contribution in [0.2, 0.25) is 5.02 Å². The summed E-state index contributed by atoms with van der Waals surface area (Å²) in [5, 5.41) is 13.0. The van der Waals surface area contributed by atoms with E-state index in [-0.39, 0.29) is 6.04 Å². The quantitative estimate of drug-likeness (QED) is 0.754. The molecule has 0 aliphatic carbocycles. The molecule has 0 fully saturated rings. The van der Waals surface area contributed by atoms with Gasteiger partial charge < -0.3 is 5.32 Å². The molecule has 0 aliphatic rings. The highest BCUT2D eigenvalue weighted by Gasteiger charge is 2.15. The van der Waals surface area contributed by atoms with E-state index in [0.29, 0.717) is 0 Å². The molecule has 114 valence electrons. The van der Waals surface area contributed by atoms with Crippen LogP contribution in [0, 0.1) is 6.92 Å². The van der Waals surface area contributed by atoms with Gasteiger partial charge in [-0.15, -0.1) is 0 Å². The SMILES string of the molecule is Cc1c(CNC(c2ccc(Cl)cc2)c2ccsc2)cnn1C. The van der Waals surface area contributed by atoms with Crippen molar-refractivity contribution in [2.24, 2.45) is 7.05 Å². The lowest BCUT2D eigenvalue weighted by atomic mass is 10.0. The second-order valence-corrected chi connectivity index (χ2v) is 6.52. The van der Waals surface area contributed by atoms with Gasteiger partial charge in [-0.25, -0.2) is 0 Å². The summed E-state index contributed by atoms with van der Waals surface area (Å²) < 4.78 is 1.90. The van der Waals surface area contributed by atoms with Gasteiger partial charge in [-0.05, 0) is 47.0 Å². The topological polar surface area (TPSA) is 29.9 Å². The third kappa shape index (κ3) is 3.24. The molecule has 2 heterocycles. The number of halogens is 1. The highest BCUT2D eigenvalue weighted by Crippen LogP contribution is 2.26. The van der Waals surface area contributed by atoms with Crippen LogP contribution in [0.4, 0.5) is 0 Å². The zero-order valence-corrected chi connectivity index (χ0v) is 14.2. The first-order valence-electron chi connectivity index (χ1n) is 7.13. The van der Waals surface area contributed by atoms with Crippen molar-refractivity contribution in [2.45, 2.75) is 19.5 Å². The van der Waals surface area contributed by atoms with E-state index in [9.17, 15) is 0 Å². The van der Waals surface area contributed by atoms with Gasteiger partial charge in [0.2, 0.25) is 0 Å². The van der Waals surface area contributed by atoms with Gasteiger partial charge in [-0.2, -0.15) is 16.4 Å². The Labute approximate surface area is 139 Å². The molecular weight excluding hydrogens is 314 g/mol. The van der Waals surface area contributed by atoms with Gasteiger partial charge >= 0.3 is 0 Å². The molecule has 0 spiro atoms. The first-order chi connectivity index (χ1) is 10.6. The van der Waals surface area contributed by atoms with E-state index >= 15 is 0 Å². The van der Waals surface area contributed by atoms with Crippen LogP contribution in [0.3, 0.4) is 0 Å². The second-order valence-electron chi connectivity index (χ2n) is 5.30. The van der Waals surface area contributed by atoms with Gasteiger partial charge in [-0.1, -0.05) is 23.7 Å². The number of aryl methyl sites for hydroxylation is 1. The molecule has 0 amide bonds. The number of rotatable bonds is 5. The molecule has 1 atom stereocenters. The average Bonchev–Trinajstić information content (AvgIpc) is 3.14. The molecule has 1 aromatic carbocycles. The van der Waals surface area contributed by atoms with Crippen LogP contribution in [0.25, 0.3) is 0 Å². The van der Waals surface area contributed by atoms with Crippen molar-refractivity contribution in [3.63, 3.8) is 0 Å². The molecule has 0 radical (unpaired) electrons. The number of nitrogens with zero attached hydrogens (tertiary/aromatic N) is 2. The van der Waals surface area contributed by atoms with Crippen molar-refractivity contribution in [1.29, 1.82) is 0 Å². The van der Waals surface area contributed by atoms with Crippen LogP contribution in [-0.4, -0.2) is 9.78 Å². The molecule has 5 heteroatoms. The van der Waals surface area contributed by atoms with Gasteiger partial charge in [0.15, 0.2) is 0 Å². The zero-order chi connectivity index (χ0) is 15.5. The Morgan fingerprint density at radius 2 is 2.00 bits per heavy atom. The van der Waals surface area contributed by atoms with E-state index in [2.05, 4.69) is 46.3 Å². The Kier molecular flexibility index (Phi) is 4.62. The predicted molar refractivity (Wildman–Crippen MR) is 92.4 cm³/mol. The summed E-state index contributed by atoms with van der Waals surface area (Å²) in [5.74, 6) is 0. The highest BCUT2D eigenvalue weighted by atomic mass is 35.5. The minimum atomic E-state index is 0.156. The summed E-state index contributed by atoms with van der Waals surface area (Å²) >= 11 is 7.72. The molecule has 1 N–H and O–H groups in total. The summed E-state index contributed by atoms with van der Waals surface area (Å²) in [6, 6.07) is 10.3. The van der Waals surface area contributed by atoms with Crippen LogP contribution >= 0.6 is 22.9 Å². The van der Waals surface area contributed by atoms with Crippen LogP contribution in [0.15, 0.2) is 47.3 Å². The number of aromatic nitrogens is 2. The lowest BCUT2D eigenvalue weighted by Gasteiger charge is -2.18. The predicted octanol–water partition coefficient (Wildman–Crippen LogP) is 4.32. The van der Waals surface area contributed by atoms with Crippen molar-refractivity contribution in [3.8, 4) is 0 Å². The summed E-state index contributed by atoms with van der Waals surface area (Å²) in [6.45, 7) is 2.87. The molecule has 0 bridgehead atoms. The Balaban J connectivity index is 1.83. The van der Waals surface area contributed by atoms with Gasteiger partial charge in [0.05, 0.1) is 12.2 Å². The Hall–Kier alpha value is -1.62. The first-order valence-corrected chi connectivity index (χ1v) is 8.45. The largest absolute Gasteiger partial charge is 0.302 e. The molecule has 3 aromatic rings. The number of thiophene rings is 1. The fourth-order valence-electron chi connectivity index (χ4n) is 2.45. The molecule has 2 aromatic heterocycles. The van der Waals surface area contributed by atoms with Crippen molar-refractivity contribution < 1.29 is 0 Å². The van der Waals surface area contributed by atoms with Crippen molar-refractivity contribution >= 4 is 22.9 Å². The molecule has 3 rings (SSSR count). The molecular formula is C17H18ClN3S. The molecule has 0 saturated heterocycles. The number of benzene rings is 1. The van der Waals surface area contributed by atoms with E-state index in [1.165, 1.54) is 22.4 Å². The molecule has 0 saturated carbocycles. The van der Waals surface area contributed by atoms with Gasteiger partial charge in [0, 0.05) is 29.9 Å². The van der Waals surface area contributed by atoms with Gasteiger partial charge in [0.1, 0.15) is 0 Å².